The highest BCUT2D eigenvalue weighted by atomic mass is 16.3. The average molecular weight is 861 g/mol. The molecule has 11 rings (SSSR count). The number of nitrogens with zero attached hydrogens (tertiary/aromatic N) is 6. The van der Waals surface area contributed by atoms with E-state index < -0.39 is 46.0 Å². The molecule has 2 aliphatic rings. The van der Waals surface area contributed by atoms with Crippen LogP contribution in [0.2, 0.25) is 0 Å². The van der Waals surface area contributed by atoms with Gasteiger partial charge < -0.3 is 71.2 Å². The van der Waals surface area contributed by atoms with Crippen LogP contribution >= 0.6 is 0 Å². The van der Waals surface area contributed by atoms with Gasteiger partial charge in [-0.05, 0) is 83.9 Å². The van der Waals surface area contributed by atoms with Crippen molar-refractivity contribution < 1.29 is 61.3 Å². The predicted octanol–water partition coefficient (Wildman–Crippen LogP) is 6.69. The number of aromatic amines is 2. The lowest BCUT2D eigenvalue weighted by Crippen LogP contribution is -1.83. The first-order valence-electron chi connectivity index (χ1n) is 18.7. The molecule has 20 heteroatoms. The third-order valence-corrected chi connectivity index (χ3v) is 10.5. The maximum Gasteiger partial charge on any atom is 0.164 e. The number of phenols is 12. The monoisotopic (exact) mass is 860 g/mol. The van der Waals surface area contributed by atoms with Crippen molar-refractivity contribution in [2.75, 3.05) is 0 Å². The Morgan fingerprint density at radius 2 is 0.484 bits per heavy atom. The van der Waals surface area contributed by atoms with E-state index in [1.807, 2.05) is 0 Å². The Bertz CT molecular complexity index is 3270. The molecule has 0 fully saturated rings. The smallest absolute Gasteiger partial charge is 0.164 e. The zero-order valence-electron chi connectivity index (χ0n) is 32.1. The Hall–Kier alpha value is -9.72. The molecule has 0 amide bonds. The number of aromatic nitrogens is 8. The molecule has 2 aliphatic heterocycles. The van der Waals surface area contributed by atoms with Gasteiger partial charge in [0.05, 0.1) is 0 Å². The fourth-order valence-corrected chi connectivity index (χ4v) is 7.29. The van der Waals surface area contributed by atoms with E-state index in [0.717, 1.165) is 0 Å². The molecule has 0 radical (unpaired) electrons. The lowest BCUT2D eigenvalue weighted by Gasteiger charge is -2.05. The van der Waals surface area contributed by atoms with Crippen LogP contribution in [0.25, 0.3) is 101 Å². The maximum absolute atomic E-state index is 10.4. The standard InChI is InChI=1S/C32H18N8O8.C12H10O4/c41-17-1-9-10(2-18(17)42)26-33-25(9)37-27-11-3-19(43)20(44)4-12(11)29(34-27)39-31-15-7-23(47)24(48)8-16(15)32(36-31)40-30-14-6-22(46)21(45)5-13(14)28(35-30)38-26;13-9-3-1-7(5-11(9)15)8-2-4-10(14)12(16)6-8/h1-8,41-48H,(H2,33,34,35,36,37,38,39,40);1-6,13-16H. The summed E-state index contributed by atoms with van der Waals surface area (Å²) in [4.78, 5) is 34.0. The molecule has 0 saturated carbocycles. The molecule has 20 nitrogen and oxygen atoms in total. The zero-order chi connectivity index (χ0) is 44.9. The second kappa shape index (κ2) is 13.9. The van der Waals surface area contributed by atoms with Crippen LogP contribution in [0.5, 0.6) is 69.0 Å². The van der Waals surface area contributed by atoms with E-state index in [9.17, 15) is 51.1 Å². The van der Waals surface area contributed by atoms with E-state index in [1.54, 1.807) is 12.1 Å². The first-order chi connectivity index (χ1) is 30.6. The number of aromatic hydroxyl groups is 12. The molecule has 0 spiro atoms. The summed E-state index contributed by atoms with van der Waals surface area (Å²) < 4.78 is 0. The van der Waals surface area contributed by atoms with Crippen LogP contribution in [-0.2, 0) is 0 Å². The number of rotatable bonds is 1. The lowest BCUT2D eigenvalue weighted by atomic mass is 10.0. The molecule has 0 unspecified atom stereocenters. The molecule has 14 N–H and O–H groups in total. The first-order valence-corrected chi connectivity index (χ1v) is 18.7. The Morgan fingerprint density at radius 3 is 0.734 bits per heavy atom. The van der Waals surface area contributed by atoms with Crippen LogP contribution in [0.1, 0.15) is 0 Å². The largest absolute Gasteiger partial charge is 0.504 e. The molecule has 316 valence electrons. The number of hydrogen-bond acceptors (Lipinski definition) is 18. The molecular formula is C44H28N8O12. The molecule has 0 saturated heterocycles. The van der Waals surface area contributed by atoms with Crippen molar-refractivity contribution in [1.29, 1.82) is 0 Å². The second-order valence-electron chi connectivity index (χ2n) is 14.6. The summed E-state index contributed by atoms with van der Waals surface area (Å²) in [6, 6.07) is 18.9. The predicted molar refractivity (Wildman–Crippen MR) is 228 cm³/mol. The van der Waals surface area contributed by atoms with Crippen LogP contribution in [0.15, 0.2) is 84.9 Å². The summed E-state index contributed by atoms with van der Waals surface area (Å²) in [6.07, 6.45) is 0. The van der Waals surface area contributed by atoms with Crippen LogP contribution in [0, 0.1) is 0 Å². The fourth-order valence-electron chi connectivity index (χ4n) is 7.29. The van der Waals surface area contributed by atoms with Gasteiger partial charge in [-0.3, -0.25) is 0 Å². The minimum absolute atomic E-state index is 0.0502. The van der Waals surface area contributed by atoms with Crippen molar-refractivity contribution >= 4 is 44.1 Å². The number of nitrogens with one attached hydrogen (secondary N) is 2. The number of hydrogen-bond donors (Lipinski definition) is 14. The molecule has 0 atom stereocenters. The van der Waals surface area contributed by atoms with Crippen molar-refractivity contribution in [3.05, 3.63) is 84.9 Å². The first kappa shape index (κ1) is 38.5. The van der Waals surface area contributed by atoms with Crippen molar-refractivity contribution in [3.63, 3.8) is 0 Å². The Labute approximate surface area is 355 Å². The van der Waals surface area contributed by atoms with Crippen LogP contribution < -0.4 is 0 Å². The molecule has 8 bridgehead atoms. The van der Waals surface area contributed by atoms with Crippen LogP contribution in [-0.4, -0.2) is 101 Å². The molecule has 3 aromatic heterocycles. The van der Waals surface area contributed by atoms with E-state index in [0.29, 0.717) is 54.9 Å². The normalized spacial score (nSPS) is 11.6. The summed E-state index contributed by atoms with van der Waals surface area (Å²) in [5.74, 6) is -4.17. The van der Waals surface area contributed by atoms with Crippen molar-refractivity contribution in [2.45, 2.75) is 0 Å². The third kappa shape index (κ3) is 6.25. The highest BCUT2D eigenvalue weighted by Crippen LogP contribution is 2.44. The molecule has 64 heavy (non-hydrogen) atoms. The zero-order valence-corrected chi connectivity index (χ0v) is 32.1. The number of phenolic OH excluding ortho intramolecular Hbond substituents is 12. The topological polar surface area (TPSA) is 352 Å². The fraction of sp³-hybridized carbons (Fsp3) is 0. The van der Waals surface area contributed by atoms with E-state index in [2.05, 4.69) is 39.9 Å². The summed E-state index contributed by atoms with van der Waals surface area (Å²) in [5, 5.41) is 121. The van der Waals surface area contributed by atoms with Crippen LogP contribution in [0.3, 0.4) is 0 Å². The van der Waals surface area contributed by atoms with E-state index in [1.165, 1.54) is 72.8 Å². The minimum atomic E-state index is -0.441. The summed E-state index contributed by atoms with van der Waals surface area (Å²) in [7, 11) is 0. The SMILES string of the molecule is Oc1cc2c(cc1O)-c1nc-2nc2[nH]c(nc3nc(nc4[nH]c(n1)c1cc(O)c(O)cc41)-c1cc(O)c(O)cc1-3)c1cc(O)c(O)cc21.Oc1ccc(-c2ccc(O)c(O)c2)cc1O. The van der Waals surface area contributed by atoms with Gasteiger partial charge in [0.25, 0.3) is 0 Å². The number of H-pyrrole nitrogens is 2. The Balaban J connectivity index is 0.000000256. The van der Waals surface area contributed by atoms with Gasteiger partial charge in [-0.15, -0.1) is 0 Å². The van der Waals surface area contributed by atoms with Gasteiger partial charge in [0.1, 0.15) is 22.6 Å². The van der Waals surface area contributed by atoms with Crippen LogP contribution in [0.4, 0.5) is 0 Å². The average Bonchev–Trinajstić information content (AvgIpc) is 3.96. The quantitative estimate of drug-likeness (QED) is 0.0764. The molecule has 6 aromatic carbocycles. The molecular weight excluding hydrogens is 833 g/mol. The van der Waals surface area contributed by atoms with E-state index >= 15 is 0 Å². The lowest BCUT2D eigenvalue weighted by molar-refractivity contribution is 0.403. The third-order valence-electron chi connectivity index (χ3n) is 10.5. The van der Waals surface area contributed by atoms with Crippen molar-refractivity contribution in [2.24, 2.45) is 0 Å². The summed E-state index contributed by atoms with van der Waals surface area (Å²) in [5.41, 5.74) is 2.99. The van der Waals surface area contributed by atoms with Gasteiger partial charge >= 0.3 is 0 Å². The van der Waals surface area contributed by atoms with E-state index in [-0.39, 0.29) is 68.9 Å². The highest BCUT2D eigenvalue weighted by Gasteiger charge is 2.26. The second-order valence-corrected chi connectivity index (χ2v) is 14.6. The molecule has 9 aromatic rings. The maximum atomic E-state index is 10.4. The van der Waals surface area contributed by atoms with Crippen molar-refractivity contribution in [3.8, 4) is 126 Å². The molecule has 0 aliphatic carbocycles. The highest BCUT2D eigenvalue weighted by molar-refractivity contribution is 6.08. The van der Waals surface area contributed by atoms with Crippen molar-refractivity contribution in [1.82, 2.24) is 39.9 Å². The minimum Gasteiger partial charge on any atom is -0.504 e. The Kier molecular flexibility index (Phi) is 8.37. The van der Waals surface area contributed by atoms with Gasteiger partial charge in [0.2, 0.25) is 0 Å². The summed E-state index contributed by atoms with van der Waals surface area (Å²) >= 11 is 0. The summed E-state index contributed by atoms with van der Waals surface area (Å²) in [6.45, 7) is 0. The van der Waals surface area contributed by atoms with Gasteiger partial charge in [-0.1, -0.05) is 12.1 Å². The number of fused-ring (bicyclic) bond motifs is 20. The van der Waals surface area contributed by atoms with Gasteiger partial charge in [-0.25, -0.2) is 29.9 Å². The molecule has 5 heterocycles. The van der Waals surface area contributed by atoms with Gasteiger partial charge in [-0.2, -0.15) is 0 Å². The number of benzene rings is 6. The Morgan fingerprint density at radius 1 is 0.250 bits per heavy atom. The van der Waals surface area contributed by atoms with Gasteiger partial charge in [0.15, 0.2) is 92.3 Å². The van der Waals surface area contributed by atoms with E-state index in [4.69, 9.17) is 10.2 Å². The van der Waals surface area contributed by atoms with Gasteiger partial charge in [0, 0.05) is 43.8 Å².